The Hall–Kier alpha value is -2.49. The van der Waals surface area contributed by atoms with Crippen LogP contribution in [-0.4, -0.2) is 29.1 Å². The minimum Gasteiger partial charge on any atom is -0.349 e. The van der Waals surface area contributed by atoms with E-state index in [1.807, 2.05) is 0 Å². The number of rotatable bonds is 5. The maximum Gasteiger partial charge on any atom is 0.417 e. The number of hydrogen-bond donors (Lipinski definition) is 2. The molecule has 0 spiro atoms. The molecule has 1 amide bonds. The zero-order valence-corrected chi connectivity index (χ0v) is 19.5. The number of nitrogens with zero attached hydrogens (tertiary/aromatic N) is 1. The monoisotopic (exact) mass is 501 g/mol. The van der Waals surface area contributed by atoms with Gasteiger partial charge in [-0.2, -0.15) is 26.3 Å². The number of hydrogen-bond acceptors (Lipinski definition) is 2. The van der Waals surface area contributed by atoms with Crippen molar-refractivity contribution in [3.8, 4) is 11.3 Å². The summed E-state index contributed by atoms with van der Waals surface area (Å²) in [7, 11) is 0. The molecule has 1 saturated heterocycles. The van der Waals surface area contributed by atoms with Gasteiger partial charge < -0.3 is 15.2 Å². The molecule has 1 unspecified atom stereocenters. The van der Waals surface area contributed by atoms with E-state index < -0.39 is 35.0 Å². The van der Waals surface area contributed by atoms with Gasteiger partial charge in [-0.1, -0.05) is 19.3 Å². The Morgan fingerprint density at radius 3 is 2.31 bits per heavy atom. The zero-order chi connectivity index (χ0) is 25.4. The number of nitrogens with one attached hydrogen (secondary N) is 2. The number of amides is 1. The van der Waals surface area contributed by atoms with Gasteiger partial charge in [0.05, 0.1) is 16.7 Å². The summed E-state index contributed by atoms with van der Waals surface area (Å²) in [6.45, 7) is 2.65. The van der Waals surface area contributed by atoms with Crippen molar-refractivity contribution in [1.82, 2.24) is 15.2 Å². The molecule has 1 aliphatic carbocycles. The summed E-state index contributed by atoms with van der Waals surface area (Å²) in [5, 5.41) is 6.24. The Balaban J connectivity index is 1.82. The number of alkyl halides is 6. The van der Waals surface area contributed by atoms with Crippen molar-refractivity contribution < 1.29 is 31.1 Å². The van der Waals surface area contributed by atoms with Crippen LogP contribution in [0.2, 0.25) is 0 Å². The average Bonchev–Trinajstić information content (AvgIpc) is 3.41. The van der Waals surface area contributed by atoms with E-state index in [1.165, 1.54) is 6.07 Å². The Labute approximate surface area is 200 Å². The maximum atomic E-state index is 13.9. The summed E-state index contributed by atoms with van der Waals surface area (Å²) >= 11 is 0. The third-order valence-corrected chi connectivity index (χ3v) is 7.05. The highest BCUT2D eigenvalue weighted by atomic mass is 19.4. The largest absolute Gasteiger partial charge is 0.417 e. The van der Waals surface area contributed by atoms with Crippen molar-refractivity contribution in [3.63, 3.8) is 0 Å². The second-order valence-corrected chi connectivity index (χ2v) is 9.50. The molecule has 0 bridgehead atoms. The van der Waals surface area contributed by atoms with Gasteiger partial charge in [0.25, 0.3) is 5.91 Å². The van der Waals surface area contributed by atoms with E-state index in [4.69, 9.17) is 0 Å². The highest BCUT2D eigenvalue weighted by Crippen LogP contribution is 2.42. The first-order chi connectivity index (χ1) is 16.4. The Kier molecular flexibility index (Phi) is 7.22. The third-order valence-electron chi connectivity index (χ3n) is 7.05. The van der Waals surface area contributed by atoms with Crippen LogP contribution in [0.15, 0.2) is 24.3 Å². The molecule has 0 radical (unpaired) electrons. The topological polar surface area (TPSA) is 46.1 Å². The first-order valence-corrected chi connectivity index (χ1v) is 12.0. The lowest BCUT2D eigenvalue weighted by molar-refractivity contribution is -0.141. The van der Waals surface area contributed by atoms with Crippen LogP contribution in [0.1, 0.15) is 72.1 Å². The Morgan fingerprint density at radius 2 is 1.71 bits per heavy atom. The molecule has 4 nitrogen and oxygen atoms in total. The molecule has 35 heavy (non-hydrogen) atoms. The Morgan fingerprint density at radius 1 is 1.00 bits per heavy atom. The lowest BCUT2D eigenvalue weighted by Gasteiger charge is -2.23. The van der Waals surface area contributed by atoms with E-state index in [0.29, 0.717) is 23.9 Å². The molecular formula is C25H29F6N3O. The standard InChI is InChI=1S/C25H29F6N3O/c1-15-19(23(35)33-17-6-3-2-4-7-17)13-22(34(15)14-18-8-5-11-32-18)20-12-16(24(26,27)28)9-10-21(20)25(29,30)31/h9-10,12-13,17-18,32H,2-8,11,14H2,1H3,(H,33,35). The van der Waals surface area contributed by atoms with Crippen LogP contribution in [0.3, 0.4) is 0 Å². The maximum absolute atomic E-state index is 13.9. The van der Waals surface area contributed by atoms with Crippen LogP contribution in [0.4, 0.5) is 26.3 Å². The number of benzene rings is 1. The molecule has 2 aliphatic rings. The van der Waals surface area contributed by atoms with Gasteiger partial charge >= 0.3 is 12.4 Å². The molecule has 1 atom stereocenters. The molecule has 2 aromatic rings. The van der Waals surface area contributed by atoms with E-state index in [0.717, 1.165) is 51.5 Å². The molecule has 2 heterocycles. The predicted molar refractivity (Wildman–Crippen MR) is 120 cm³/mol. The molecule has 192 valence electrons. The second-order valence-electron chi connectivity index (χ2n) is 9.50. The van der Waals surface area contributed by atoms with E-state index in [-0.39, 0.29) is 29.9 Å². The van der Waals surface area contributed by atoms with Gasteiger partial charge in [-0.05, 0) is 63.4 Å². The molecule has 10 heteroatoms. The van der Waals surface area contributed by atoms with Crippen LogP contribution >= 0.6 is 0 Å². The smallest absolute Gasteiger partial charge is 0.349 e. The van der Waals surface area contributed by atoms with E-state index in [1.54, 1.807) is 11.5 Å². The van der Waals surface area contributed by atoms with Gasteiger partial charge in [0.1, 0.15) is 0 Å². The van der Waals surface area contributed by atoms with Crippen molar-refractivity contribution in [2.45, 2.75) is 82.9 Å². The fraction of sp³-hybridized carbons (Fsp3) is 0.560. The molecule has 1 aromatic heterocycles. The first-order valence-electron chi connectivity index (χ1n) is 12.0. The van der Waals surface area contributed by atoms with Crippen molar-refractivity contribution in [1.29, 1.82) is 0 Å². The summed E-state index contributed by atoms with van der Waals surface area (Å²) in [4.78, 5) is 13.1. The van der Waals surface area contributed by atoms with E-state index >= 15 is 0 Å². The molecule has 1 aliphatic heterocycles. The highest BCUT2D eigenvalue weighted by molar-refractivity contribution is 5.97. The van der Waals surface area contributed by atoms with Crippen molar-refractivity contribution >= 4 is 5.91 Å². The van der Waals surface area contributed by atoms with Crippen molar-refractivity contribution in [3.05, 3.63) is 46.6 Å². The van der Waals surface area contributed by atoms with Gasteiger partial charge in [0.2, 0.25) is 0 Å². The van der Waals surface area contributed by atoms with Crippen LogP contribution in [-0.2, 0) is 18.9 Å². The molecule has 4 rings (SSSR count). The second kappa shape index (κ2) is 9.87. The lowest BCUT2D eigenvalue weighted by Crippen LogP contribution is -2.36. The number of halogens is 6. The average molecular weight is 502 g/mol. The SMILES string of the molecule is Cc1c(C(=O)NC2CCCCC2)cc(-c2cc(C(F)(F)F)ccc2C(F)(F)F)n1CC1CCCN1. The predicted octanol–water partition coefficient (Wildman–Crippen LogP) is 6.32. The normalized spacial score (nSPS) is 19.8. The first kappa shape index (κ1) is 25.6. The number of carbonyl (C=O) groups excluding carboxylic acids is 1. The van der Waals surface area contributed by atoms with Gasteiger partial charge in [0, 0.05) is 35.6 Å². The summed E-state index contributed by atoms with van der Waals surface area (Å²) < 4.78 is 83.6. The summed E-state index contributed by atoms with van der Waals surface area (Å²) in [5.41, 5.74) is -2.32. The van der Waals surface area contributed by atoms with E-state index in [2.05, 4.69) is 10.6 Å². The number of aromatic nitrogens is 1. The van der Waals surface area contributed by atoms with Crippen LogP contribution in [0.5, 0.6) is 0 Å². The van der Waals surface area contributed by atoms with E-state index in [9.17, 15) is 31.1 Å². The van der Waals surface area contributed by atoms with Crippen LogP contribution in [0.25, 0.3) is 11.3 Å². The molecule has 1 saturated carbocycles. The minimum atomic E-state index is -4.86. The highest BCUT2D eigenvalue weighted by Gasteiger charge is 2.38. The molecule has 2 fully saturated rings. The summed E-state index contributed by atoms with van der Waals surface area (Å²) in [5.74, 6) is -0.408. The third kappa shape index (κ3) is 5.68. The number of carbonyl (C=O) groups is 1. The van der Waals surface area contributed by atoms with Crippen LogP contribution in [0, 0.1) is 6.92 Å². The lowest BCUT2D eigenvalue weighted by atomic mass is 9.95. The minimum absolute atomic E-state index is 0.0155. The summed E-state index contributed by atoms with van der Waals surface area (Å²) in [6.07, 6.45) is -3.26. The summed E-state index contributed by atoms with van der Waals surface area (Å²) in [6, 6.07) is 2.71. The van der Waals surface area contributed by atoms with Gasteiger partial charge in [0.15, 0.2) is 0 Å². The van der Waals surface area contributed by atoms with Crippen molar-refractivity contribution in [2.75, 3.05) is 6.54 Å². The Bertz CT molecular complexity index is 1060. The van der Waals surface area contributed by atoms with Gasteiger partial charge in [-0.15, -0.1) is 0 Å². The van der Waals surface area contributed by atoms with Crippen molar-refractivity contribution in [2.24, 2.45) is 0 Å². The quantitative estimate of drug-likeness (QED) is 0.472. The van der Waals surface area contributed by atoms with Crippen LogP contribution < -0.4 is 10.6 Å². The molecule has 2 N–H and O–H groups in total. The van der Waals surface area contributed by atoms with Gasteiger partial charge in [-0.25, -0.2) is 0 Å². The zero-order valence-electron chi connectivity index (χ0n) is 19.5. The fourth-order valence-corrected chi connectivity index (χ4v) is 5.16. The molecular weight excluding hydrogens is 472 g/mol. The fourth-order valence-electron chi connectivity index (χ4n) is 5.16. The van der Waals surface area contributed by atoms with Gasteiger partial charge in [-0.3, -0.25) is 4.79 Å². The molecule has 1 aromatic carbocycles.